The average molecular weight is 289 g/mol. The van der Waals surface area contributed by atoms with Crippen LogP contribution in [0.25, 0.3) is 0 Å². The fraction of sp³-hybridized carbons (Fsp3) is 0.500. The minimum absolute atomic E-state index is 0.340. The van der Waals surface area contributed by atoms with Gasteiger partial charge in [0.1, 0.15) is 0 Å². The Labute approximate surface area is 91.7 Å². The molecule has 14 heavy (non-hydrogen) atoms. The number of aliphatic hydroxyl groups is 1. The van der Waals surface area contributed by atoms with Gasteiger partial charge in [-0.05, 0) is 34.5 Å². The Kier molecular flexibility index (Phi) is 3.60. The molecule has 0 aliphatic heterocycles. The molecule has 0 aliphatic rings. The summed E-state index contributed by atoms with van der Waals surface area (Å²) in [4.78, 5) is 0.340. The Morgan fingerprint density at radius 2 is 2.14 bits per heavy atom. The molecule has 1 aromatic heterocycles. The zero-order valence-corrected chi connectivity index (χ0v) is 9.63. The second-order valence-corrected chi connectivity index (χ2v) is 5.34. The quantitative estimate of drug-likeness (QED) is 0.878. The highest BCUT2D eigenvalue weighted by Crippen LogP contribution is 2.36. The molecule has 0 fully saturated rings. The summed E-state index contributed by atoms with van der Waals surface area (Å²) in [5.74, 6) is 0. The van der Waals surface area contributed by atoms with E-state index in [0.717, 1.165) is 20.7 Å². The lowest BCUT2D eigenvalue weighted by molar-refractivity contribution is -0.153. The Morgan fingerprint density at radius 3 is 2.50 bits per heavy atom. The summed E-state index contributed by atoms with van der Waals surface area (Å²) in [5, 5.41) is 9.26. The Balaban J connectivity index is 2.75. The van der Waals surface area contributed by atoms with E-state index in [1.807, 2.05) is 0 Å². The van der Waals surface area contributed by atoms with Gasteiger partial charge in [0.25, 0.3) is 0 Å². The third-order valence-electron chi connectivity index (χ3n) is 1.63. The zero-order valence-electron chi connectivity index (χ0n) is 7.23. The molecule has 0 bridgehead atoms. The van der Waals surface area contributed by atoms with Crippen LogP contribution in [0.5, 0.6) is 0 Å². The third-order valence-corrected chi connectivity index (χ3v) is 3.87. The monoisotopic (exact) mass is 288 g/mol. The molecular formula is C8H8BrF3OS. The molecule has 1 rings (SSSR count). The molecule has 0 spiro atoms. The minimum Gasteiger partial charge on any atom is -0.387 e. The largest absolute Gasteiger partial charge is 0.391 e. The van der Waals surface area contributed by atoms with Gasteiger partial charge in [-0.15, -0.1) is 11.3 Å². The number of hydrogen-bond donors (Lipinski definition) is 1. The van der Waals surface area contributed by atoms with Crippen LogP contribution in [0.1, 0.15) is 23.0 Å². The van der Waals surface area contributed by atoms with E-state index in [9.17, 15) is 18.3 Å². The van der Waals surface area contributed by atoms with Gasteiger partial charge in [0.05, 0.1) is 16.3 Å². The molecule has 0 aliphatic carbocycles. The molecule has 0 amide bonds. The van der Waals surface area contributed by atoms with Crippen molar-refractivity contribution < 1.29 is 18.3 Å². The van der Waals surface area contributed by atoms with Gasteiger partial charge in [-0.1, -0.05) is 0 Å². The molecule has 0 saturated heterocycles. The van der Waals surface area contributed by atoms with Crippen molar-refractivity contribution in [2.45, 2.75) is 25.6 Å². The van der Waals surface area contributed by atoms with Crippen molar-refractivity contribution in [2.24, 2.45) is 0 Å². The fourth-order valence-electron chi connectivity index (χ4n) is 0.968. The van der Waals surface area contributed by atoms with Crippen molar-refractivity contribution in [3.8, 4) is 0 Å². The van der Waals surface area contributed by atoms with E-state index in [0.29, 0.717) is 4.88 Å². The molecule has 0 radical (unpaired) electrons. The van der Waals surface area contributed by atoms with Crippen LogP contribution in [-0.4, -0.2) is 11.3 Å². The minimum atomic E-state index is -4.33. The van der Waals surface area contributed by atoms with E-state index in [2.05, 4.69) is 15.9 Å². The standard InChI is InChI=1S/C8H8BrF3OS/c1-4-2-6(14-7(4)9)5(13)3-8(10,11)12/h2,5,13H,3H2,1H3. The molecule has 1 heterocycles. The predicted octanol–water partition coefficient (Wildman–Crippen LogP) is 3.80. The highest BCUT2D eigenvalue weighted by atomic mass is 79.9. The lowest BCUT2D eigenvalue weighted by Gasteiger charge is -2.10. The summed E-state index contributed by atoms with van der Waals surface area (Å²) in [6.45, 7) is 1.77. The van der Waals surface area contributed by atoms with Gasteiger partial charge in [0, 0.05) is 4.88 Å². The van der Waals surface area contributed by atoms with Gasteiger partial charge in [0.15, 0.2) is 0 Å². The van der Waals surface area contributed by atoms with Crippen molar-refractivity contribution in [3.05, 3.63) is 20.3 Å². The number of halogens is 4. The molecule has 6 heteroatoms. The highest BCUT2D eigenvalue weighted by Gasteiger charge is 2.32. The van der Waals surface area contributed by atoms with Crippen LogP contribution >= 0.6 is 27.3 Å². The van der Waals surface area contributed by atoms with Gasteiger partial charge in [-0.3, -0.25) is 0 Å². The molecule has 1 aromatic rings. The summed E-state index contributed by atoms with van der Waals surface area (Å²) in [6, 6.07) is 1.56. The van der Waals surface area contributed by atoms with E-state index in [1.54, 1.807) is 13.0 Å². The van der Waals surface area contributed by atoms with Crippen LogP contribution in [-0.2, 0) is 0 Å². The van der Waals surface area contributed by atoms with E-state index >= 15 is 0 Å². The van der Waals surface area contributed by atoms with Crippen molar-refractivity contribution in [1.82, 2.24) is 0 Å². The van der Waals surface area contributed by atoms with Gasteiger partial charge in [-0.2, -0.15) is 13.2 Å². The summed E-state index contributed by atoms with van der Waals surface area (Å²) in [7, 11) is 0. The topological polar surface area (TPSA) is 20.2 Å². The lowest BCUT2D eigenvalue weighted by Crippen LogP contribution is -2.12. The third kappa shape index (κ3) is 3.25. The van der Waals surface area contributed by atoms with Crippen LogP contribution in [0.3, 0.4) is 0 Å². The molecule has 1 unspecified atom stereocenters. The maximum absolute atomic E-state index is 11.9. The van der Waals surface area contributed by atoms with Crippen molar-refractivity contribution in [2.75, 3.05) is 0 Å². The van der Waals surface area contributed by atoms with E-state index in [4.69, 9.17) is 0 Å². The average Bonchev–Trinajstić information content (AvgIpc) is 2.28. The van der Waals surface area contributed by atoms with E-state index in [-0.39, 0.29) is 0 Å². The van der Waals surface area contributed by atoms with Crippen molar-refractivity contribution in [1.29, 1.82) is 0 Å². The van der Waals surface area contributed by atoms with Gasteiger partial charge >= 0.3 is 6.18 Å². The number of thiophene rings is 1. The lowest BCUT2D eigenvalue weighted by atomic mass is 10.2. The first-order valence-corrected chi connectivity index (χ1v) is 5.41. The highest BCUT2D eigenvalue weighted by molar-refractivity contribution is 9.11. The predicted molar refractivity (Wildman–Crippen MR) is 52.4 cm³/mol. The van der Waals surface area contributed by atoms with Crippen LogP contribution in [0.2, 0.25) is 0 Å². The molecule has 1 N–H and O–H groups in total. The van der Waals surface area contributed by atoms with E-state index in [1.165, 1.54) is 0 Å². The van der Waals surface area contributed by atoms with Gasteiger partial charge in [0.2, 0.25) is 0 Å². The smallest absolute Gasteiger partial charge is 0.387 e. The van der Waals surface area contributed by atoms with E-state index < -0.39 is 18.7 Å². The number of aryl methyl sites for hydroxylation is 1. The first-order chi connectivity index (χ1) is 6.29. The van der Waals surface area contributed by atoms with Gasteiger partial charge in [-0.25, -0.2) is 0 Å². The van der Waals surface area contributed by atoms with Crippen LogP contribution in [0.4, 0.5) is 13.2 Å². The molecular weight excluding hydrogens is 281 g/mol. The fourth-order valence-corrected chi connectivity index (χ4v) is 2.52. The molecule has 1 nitrogen and oxygen atoms in total. The second kappa shape index (κ2) is 4.20. The molecule has 0 saturated carbocycles. The number of hydrogen-bond acceptors (Lipinski definition) is 2. The number of alkyl halides is 3. The molecule has 80 valence electrons. The normalized spacial score (nSPS) is 14.4. The Hall–Kier alpha value is -0.0700. The van der Waals surface area contributed by atoms with Crippen molar-refractivity contribution in [3.63, 3.8) is 0 Å². The summed E-state index contributed by atoms with van der Waals surface area (Å²) in [6.07, 6.45) is -6.98. The second-order valence-electron chi connectivity index (χ2n) is 2.94. The van der Waals surface area contributed by atoms with Crippen LogP contribution in [0, 0.1) is 6.92 Å². The maximum Gasteiger partial charge on any atom is 0.391 e. The molecule has 1 atom stereocenters. The zero-order chi connectivity index (χ0) is 10.9. The molecule has 0 aromatic carbocycles. The Bertz CT molecular complexity index is 301. The Morgan fingerprint density at radius 1 is 1.57 bits per heavy atom. The maximum atomic E-state index is 11.9. The number of rotatable bonds is 2. The summed E-state index contributed by atoms with van der Waals surface area (Å²) >= 11 is 4.32. The first-order valence-electron chi connectivity index (χ1n) is 3.80. The summed E-state index contributed by atoms with van der Waals surface area (Å²) in [5.41, 5.74) is 0.839. The van der Waals surface area contributed by atoms with Crippen LogP contribution < -0.4 is 0 Å². The van der Waals surface area contributed by atoms with Crippen molar-refractivity contribution >= 4 is 27.3 Å². The summed E-state index contributed by atoms with van der Waals surface area (Å²) < 4.78 is 36.6. The van der Waals surface area contributed by atoms with Crippen LogP contribution in [0.15, 0.2) is 9.85 Å². The SMILES string of the molecule is Cc1cc(C(O)CC(F)(F)F)sc1Br. The van der Waals surface area contributed by atoms with Gasteiger partial charge < -0.3 is 5.11 Å². The number of aliphatic hydroxyl groups excluding tert-OH is 1. The first kappa shape index (κ1) is 12.0.